The number of nitrogens with one attached hydrogen (secondary N) is 3. The zero-order chi connectivity index (χ0) is 101. The number of pyridine rings is 4. The molecular weight excluding hydrogens is 1840 g/mol. The van der Waals surface area contributed by atoms with Crippen LogP contribution >= 0.6 is 0 Å². The van der Waals surface area contributed by atoms with Gasteiger partial charge in [0.25, 0.3) is 22.2 Å². The molecule has 146 heavy (non-hydrogen) atoms. The number of anilines is 6. The Morgan fingerprint density at radius 2 is 0.692 bits per heavy atom. The standard InChI is InChI=1S/C31H25N9O2.C29H23N9O.C26H24N6O2.C24H22N6O/c1-17-7-6-8-19-13-22(40(30(42)25(17)19)21-9-4-3-5-10-21)15-39-29-26(28(32)33-16-34-29)27(38-39)20-11-12-23-24(14-20)37-31(36-23)35-18(2)41;1-16-6-5-7-17-12-20(38(28(39)23(16)17)19-8-3-2-4-9-19)14-37-27-24(26(30)32-15-33-27)25(36-37)18-10-11-21-22(13-18)35-29(31)34-21;1-4-20(33)23-22-24(27)28-14-29-25(22)31(30-23)13-18-12-17-10-7-9-16(3)21(17)26(34)32(18)19-11-6-5-8-15(19)2;1-3-19-21-22(25)26-14-27-23(21)29(28-19)13-18-12-16-9-7-8-15(2)20(16)24(31)30(18)17-10-5-4-6-11-17/h3-14,16H,15H2,1-2H3,(H2,32,33,34)(H2,35,36,37,41);2-13,15H,14H2,1H3,(H2,30,32,33)(H3,31,34,35);5-12,14H,4,13H2,1-3H3,(H2,27,28,29);4-12,14H,3,13H2,1-2H3,(H2,25,26,27). The molecular formula is C110H94N30O6. The summed E-state index contributed by atoms with van der Waals surface area (Å²) in [6.07, 6.45) is 6.63. The number of amides is 1. The molecule has 0 radical (unpaired) electrons. The van der Waals surface area contributed by atoms with Crippen LogP contribution in [0.1, 0.15) is 94.0 Å². The number of nitrogens with zero attached hydrogens (tertiary/aromatic N) is 22. The van der Waals surface area contributed by atoms with E-state index in [0.717, 1.165) is 139 Å². The third-order valence-corrected chi connectivity index (χ3v) is 26.0. The molecule has 0 saturated carbocycles. The number of nitrogen functional groups attached to an aromatic ring is 5. The monoisotopic (exact) mass is 1930 g/mol. The summed E-state index contributed by atoms with van der Waals surface area (Å²) in [6.45, 7) is 16.1. The third-order valence-electron chi connectivity index (χ3n) is 26.0. The lowest BCUT2D eigenvalue weighted by Gasteiger charge is -2.17. The van der Waals surface area contributed by atoms with Crippen LogP contribution in [-0.4, -0.2) is 129 Å². The normalized spacial score (nSPS) is 11.5. The van der Waals surface area contributed by atoms with Crippen LogP contribution in [0.3, 0.4) is 0 Å². The predicted octanol–water partition coefficient (Wildman–Crippen LogP) is 16.4. The molecule has 0 aliphatic heterocycles. The number of ketones is 1. The topological polar surface area (TPSA) is 496 Å². The first-order chi connectivity index (χ1) is 70.8. The van der Waals surface area contributed by atoms with Crippen LogP contribution in [-0.2, 0) is 37.4 Å². The molecule has 0 saturated heterocycles. The lowest BCUT2D eigenvalue weighted by Crippen LogP contribution is -2.25. The highest BCUT2D eigenvalue weighted by atomic mass is 16.2. The molecule has 1 amide bonds. The summed E-state index contributed by atoms with van der Waals surface area (Å²) in [4.78, 5) is 129. The molecule has 14 heterocycles. The molecule has 36 heteroatoms. The fourth-order valence-electron chi connectivity index (χ4n) is 19.3. The number of H-pyrrole nitrogens is 2. The van der Waals surface area contributed by atoms with E-state index in [1.165, 1.54) is 32.2 Å². The summed E-state index contributed by atoms with van der Waals surface area (Å²) < 4.78 is 13.9. The van der Waals surface area contributed by atoms with Gasteiger partial charge < -0.3 is 38.6 Å². The van der Waals surface area contributed by atoms with Gasteiger partial charge in [-0.2, -0.15) is 20.4 Å². The number of carbonyl (C=O) groups is 2. The summed E-state index contributed by atoms with van der Waals surface area (Å²) in [7, 11) is 0. The van der Waals surface area contributed by atoms with Crippen LogP contribution in [0.25, 0.3) is 155 Å². The average Bonchev–Trinajstić information content (AvgIpc) is 1.59. The smallest absolute Gasteiger partial charge is 0.263 e. The Morgan fingerprint density at radius 3 is 1.10 bits per heavy atom. The van der Waals surface area contributed by atoms with Crippen LogP contribution in [0.2, 0.25) is 0 Å². The van der Waals surface area contributed by atoms with Gasteiger partial charge in [0.1, 0.15) is 65.7 Å². The SMILES string of the molecule is CC(=O)Nc1nc2ccc(-c3nn(Cc4cc5cccc(C)c5c(=O)n4-c4ccccc4)c4ncnc(N)c34)cc2[nH]1.CCC(=O)c1nn(Cc2cc3cccc(C)c3c(=O)n2-c2ccccc2C)c2ncnc(N)c12.CCc1nn(Cc2cc3cccc(C)c3c(=O)n2-c2ccccc2)c2ncnc(N)c12.Cc1cccc2cc(Cn3nc(-c4ccc5nc(N)[nH]c5c4)c4c(N)ncnc43)n(-c3ccccc3)c(=O)c12. The molecule has 24 rings (SSSR count). The first-order valence-electron chi connectivity index (χ1n) is 47.1. The van der Waals surface area contributed by atoms with Crippen LogP contribution in [0, 0.1) is 34.6 Å². The Labute approximate surface area is 829 Å². The fourth-order valence-corrected chi connectivity index (χ4v) is 19.3. The second-order valence-electron chi connectivity index (χ2n) is 35.5. The van der Waals surface area contributed by atoms with Crippen molar-refractivity contribution >= 4 is 156 Å². The number of aryl methyl sites for hydroxylation is 6. The molecule has 0 atom stereocenters. The van der Waals surface area contributed by atoms with Crippen LogP contribution < -0.4 is 56.2 Å². The molecule has 0 aliphatic rings. The number of carbonyl (C=O) groups excluding carboxylic acids is 2. The number of fused-ring (bicyclic) bond motifs is 10. The van der Waals surface area contributed by atoms with Gasteiger partial charge in [0.15, 0.2) is 34.3 Å². The Balaban J connectivity index is 0.000000115. The Morgan fingerprint density at radius 1 is 0.342 bits per heavy atom. The van der Waals surface area contributed by atoms with E-state index in [-0.39, 0.29) is 71.5 Å². The molecule has 720 valence electrons. The summed E-state index contributed by atoms with van der Waals surface area (Å²) in [6, 6.07) is 79.5. The number of Topliss-reactive ketones (excluding diaryl/α,β-unsaturated/α-hetero) is 1. The summed E-state index contributed by atoms with van der Waals surface area (Å²) >= 11 is 0. The lowest BCUT2D eigenvalue weighted by molar-refractivity contribution is -0.114. The first-order valence-corrected chi connectivity index (χ1v) is 47.1. The molecule has 36 nitrogen and oxygen atoms in total. The average molecular weight is 1930 g/mol. The number of hydrogen-bond acceptors (Lipinski definition) is 25. The van der Waals surface area contributed by atoms with Gasteiger partial charge in [-0.05, 0) is 181 Å². The van der Waals surface area contributed by atoms with Crippen molar-refractivity contribution in [2.45, 2.75) is 94.4 Å². The molecule has 0 spiro atoms. The number of benzene rings is 10. The van der Waals surface area contributed by atoms with Crippen molar-refractivity contribution in [3.63, 3.8) is 0 Å². The van der Waals surface area contributed by atoms with Gasteiger partial charge in [0, 0.05) is 64.3 Å². The van der Waals surface area contributed by atoms with Gasteiger partial charge >= 0.3 is 0 Å². The molecule has 14 aromatic heterocycles. The summed E-state index contributed by atoms with van der Waals surface area (Å²) in [5.74, 6) is 1.57. The Hall–Kier alpha value is -19.7. The number of aromatic nitrogens is 24. The zero-order valence-corrected chi connectivity index (χ0v) is 80.4. The van der Waals surface area contributed by atoms with E-state index < -0.39 is 0 Å². The highest BCUT2D eigenvalue weighted by Gasteiger charge is 2.28. The van der Waals surface area contributed by atoms with Crippen molar-refractivity contribution < 1.29 is 9.59 Å². The minimum atomic E-state index is -0.221. The van der Waals surface area contributed by atoms with Gasteiger partial charge in [-0.15, -0.1) is 0 Å². The van der Waals surface area contributed by atoms with E-state index in [2.05, 4.69) is 76.3 Å². The molecule has 0 fully saturated rings. The second kappa shape index (κ2) is 38.2. The second-order valence-corrected chi connectivity index (χ2v) is 35.5. The molecule has 0 unspecified atom stereocenters. The maximum Gasteiger partial charge on any atom is 0.263 e. The van der Waals surface area contributed by atoms with Crippen molar-refractivity contribution in [3.8, 4) is 45.3 Å². The van der Waals surface area contributed by atoms with Gasteiger partial charge in [0.2, 0.25) is 11.9 Å². The van der Waals surface area contributed by atoms with Gasteiger partial charge in [-0.25, -0.2) is 68.6 Å². The van der Waals surface area contributed by atoms with Crippen molar-refractivity contribution in [2.24, 2.45) is 0 Å². The minimum Gasteiger partial charge on any atom is -0.383 e. The quantitative estimate of drug-likeness (QED) is 0.0370. The van der Waals surface area contributed by atoms with Crippen molar-refractivity contribution in [1.29, 1.82) is 0 Å². The van der Waals surface area contributed by atoms with Crippen LogP contribution in [0.4, 0.5) is 35.2 Å². The Kier molecular flexibility index (Phi) is 24.2. The van der Waals surface area contributed by atoms with Crippen molar-refractivity contribution in [2.75, 3.05) is 34.0 Å². The summed E-state index contributed by atoms with van der Waals surface area (Å²) in [5, 5.41) is 30.6. The largest absolute Gasteiger partial charge is 0.383 e. The fraction of sp³-hybridized carbons (Fsp3) is 0.127. The first kappa shape index (κ1) is 92.7. The van der Waals surface area contributed by atoms with Gasteiger partial charge in [-0.3, -0.25) is 52.4 Å². The number of aromatic amines is 2. The molecule has 0 bridgehead atoms. The number of rotatable bonds is 18. The van der Waals surface area contributed by atoms with E-state index >= 15 is 0 Å². The predicted molar refractivity (Wildman–Crippen MR) is 570 cm³/mol. The number of hydrogen-bond donors (Lipinski definition) is 8. The molecule has 10 aromatic carbocycles. The van der Waals surface area contributed by atoms with Crippen molar-refractivity contribution in [3.05, 3.63) is 377 Å². The molecule has 0 aliphatic carbocycles. The van der Waals surface area contributed by atoms with Gasteiger partial charge in [0.05, 0.1) is 103 Å². The van der Waals surface area contributed by atoms with E-state index in [4.69, 9.17) is 44.0 Å². The number of para-hydroxylation sites is 4. The highest BCUT2D eigenvalue weighted by molar-refractivity contribution is 6.09. The minimum absolute atomic E-state index is 0.0434. The zero-order valence-electron chi connectivity index (χ0n) is 80.4. The molecule has 24 aromatic rings. The Bertz CT molecular complexity index is 9650. The van der Waals surface area contributed by atoms with E-state index in [1.54, 1.807) is 39.2 Å². The van der Waals surface area contributed by atoms with Gasteiger partial charge in [-0.1, -0.05) is 172 Å². The van der Waals surface area contributed by atoms with Crippen LogP contribution in [0.5, 0.6) is 0 Å². The molecule has 13 N–H and O–H groups in total. The summed E-state index contributed by atoms with van der Waals surface area (Å²) in [5.41, 5.74) is 50.4. The maximum atomic E-state index is 14.0. The van der Waals surface area contributed by atoms with E-state index in [1.807, 2.05) is 289 Å². The lowest BCUT2D eigenvalue weighted by atomic mass is 10.1. The van der Waals surface area contributed by atoms with Crippen molar-refractivity contribution in [1.82, 2.24) is 117 Å². The van der Waals surface area contributed by atoms with Crippen LogP contribution in [0.15, 0.2) is 293 Å². The van der Waals surface area contributed by atoms with E-state index in [0.29, 0.717) is 114 Å². The highest BCUT2D eigenvalue weighted by Crippen LogP contribution is 2.38. The van der Waals surface area contributed by atoms with E-state index in [9.17, 15) is 28.8 Å². The number of nitrogens with two attached hydrogens (primary N) is 5. The maximum absolute atomic E-state index is 14.0. The number of imidazole rings is 2. The third kappa shape index (κ3) is 17.0.